The number of anilines is 1. The Morgan fingerprint density at radius 3 is 2.50 bits per heavy atom. The van der Waals surface area contributed by atoms with Gasteiger partial charge >= 0.3 is 0 Å². The summed E-state index contributed by atoms with van der Waals surface area (Å²) in [5, 5.41) is 1.89. The Morgan fingerprint density at radius 2 is 1.78 bits per heavy atom. The number of ether oxygens (including phenoxy) is 1. The van der Waals surface area contributed by atoms with Crippen LogP contribution in [0.5, 0.6) is 5.75 Å². The van der Waals surface area contributed by atoms with E-state index in [1.165, 1.54) is 24.0 Å². The largest absolute Gasteiger partial charge is 0.496 e. The van der Waals surface area contributed by atoms with Gasteiger partial charge in [-0.05, 0) is 67.7 Å². The van der Waals surface area contributed by atoms with E-state index in [4.69, 9.17) is 26.3 Å². The molecule has 1 saturated heterocycles. The Morgan fingerprint density at radius 1 is 1.00 bits per heavy atom. The van der Waals surface area contributed by atoms with E-state index in [1.54, 1.807) is 7.11 Å². The van der Waals surface area contributed by atoms with Crippen LogP contribution in [-0.4, -0.2) is 30.2 Å². The van der Waals surface area contributed by atoms with Gasteiger partial charge in [0.2, 0.25) is 0 Å². The van der Waals surface area contributed by atoms with Crippen molar-refractivity contribution in [1.29, 1.82) is 0 Å². The molecule has 1 aromatic heterocycles. The first-order chi connectivity index (χ1) is 15.7. The minimum Gasteiger partial charge on any atom is -0.496 e. The van der Waals surface area contributed by atoms with E-state index in [0.717, 1.165) is 78.5 Å². The van der Waals surface area contributed by atoms with Crippen molar-refractivity contribution in [2.75, 3.05) is 25.1 Å². The van der Waals surface area contributed by atoms with Crippen LogP contribution in [0.2, 0.25) is 5.02 Å². The number of unbranched alkanes of at least 4 members (excludes halogenated alkanes) is 1. The van der Waals surface area contributed by atoms with Crippen LogP contribution >= 0.6 is 11.6 Å². The van der Waals surface area contributed by atoms with Gasteiger partial charge in [0.1, 0.15) is 17.4 Å². The number of aromatic nitrogens is 2. The summed E-state index contributed by atoms with van der Waals surface area (Å²) in [6, 6.07) is 12.8. The molecule has 0 N–H and O–H groups in total. The Hall–Kier alpha value is -2.33. The standard InChI is InChI=1S/C27H32ClN3O/c1-3-4-7-19-12-13-22-24(25(19)28)27(30-26(29-22)20-10-11-20)31-16-14-18(15-17-31)21-8-5-6-9-23(21)32-2/h5-6,8-9,12-13,18,20H,3-4,7,10-11,14-17H2,1-2H3. The van der Waals surface area contributed by atoms with Crippen molar-refractivity contribution in [1.82, 2.24) is 9.97 Å². The zero-order valence-corrected chi connectivity index (χ0v) is 19.9. The van der Waals surface area contributed by atoms with Crippen molar-refractivity contribution >= 4 is 28.3 Å². The highest BCUT2D eigenvalue weighted by Crippen LogP contribution is 2.43. The summed E-state index contributed by atoms with van der Waals surface area (Å²) in [4.78, 5) is 12.5. The lowest BCUT2D eigenvalue weighted by Gasteiger charge is -2.34. The van der Waals surface area contributed by atoms with Crippen LogP contribution in [0.15, 0.2) is 36.4 Å². The van der Waals surface area contributed by atoms with Crippen molar-refractivity contribution in [3.8, 4) is 5.75 Å². The molecular formula is C27H32ClN3O. The number of piperidine rings is 1. The fourth-order valence-electron chi connectivity index (χ4n) is 4.95. The summed E-state index contributed by atoms with van der Waals surface area (Å²) in [6.45, 7) is 4.15. The van der Waals surface area contributed by atoms with Crippen LogP contribution in [0.4, 0.5) is 5.82 Å². The first-order valence-electron chi connectivity index (χ1n) is 12.1. The summed E-state index contributed by atoms with van der Waals surface area (Å²) in [7, 11) is 1.76. The minimum absolute atomic E-state index is 0.508. The molecule has 32 heavy (non-hydrogen) atoms. The van der Waals surface area contributed by atoms with E-state index in [0.29, 0.717) is 11.8 Å². The molecule has 4 nitrogen and oxygen atoms in total. The maximum Gasteiger partial charge on any atom is 0.141 e. The third-order valence-corrected chi connectivity index (χ3v) is 7.43. The predicted molar refractivity (Wildman–Crippen MR) is 132 cm³/mol. The van der Waals surface area contributed by atoms with Gasteiger partial charge < -0.3 is 9.64 Å². The topological polar surface area (TPSA) is 38.2 Å². The van der Waals surface area contributed by atoms with Crippen LogP contribution in [-0.2, 0) is 6.42 Å². The van der Waals surface area contributed by atoms with Gasteiger partial charge in [-0.25, -0.2) is 9.97 Å². The van der Waals surface area contributed by atoms with Crippen LogP contribution in [0.1, 0.15) is 74.2 Å². The number of para-hydroxylation sites is 1. The Labute approximate surface area is 196 Å². The number of fused-ring (bicyclic) bond motifs is 1. The minimum atomic E-state index is 0.508. The number of hydrogen-bond acceptors (Lipinski definition) is 4. The van der Waals surface area contributed by atoms with Crippen LogP contribution in [0, 0.1) is 0 Å². The Balaban J connectivity index is 1.47. The van der Waals surface area contributed by atoms with E-state index in [-0.39, 0.29) is 0 Å². The van der Waals surface area contributed by atoms with Gasteiger partial charge in [-0.15, -0.1) is 0 Å². The maximum atomic E-state index is 6.99. The molecule has 0 atom stereocenters. The maximum absolute atomic E-state index is 6.99. The number of rotatable bonds is 7. The average molecular weight is 450 g/mol. The molecule has 2 aromatic carbocycles. The highest BCUT2D eigenvalue weighted by Gasteiger charge is 2.31. The molecule has 0 spiro atoms. The van der Waals surface area contributed by atoms with Crippen LogP contribution < -0.4 is 9.64 Å². The number of benzene rings is 2. The molecule has 0 radical (unpaired) electrons. The van der Waals surface area contributed by atoms with Crippen molar-refractivity contribution in [3.05, 3.63) is 58.4 Å². The third kappa shape index (κ3) is 4.17. The summed E-state index contributed by atoms with van der Waals surface area (Å²) >= 11 is 6.99. The molecule has 5 heteroatoms. The molecule has 5 rings (SSSR count). The third-order valence-electron chi connectivity index (χ3n) is 6.99. The van der Waals surface area contributed by atoms with Gasteiger partial charge in [0, 0.05) is 19.0 Å². The zero-order chi connectivity index (χ0) is 22.1. The van der Waals surface area contributed by atoms with Gasteiger partial charge in [-0.2, -0.15) is 0 Å². The molecule has 1 aliphatic carbocycles. The van der Waals surface area contributed by atoms with Gasteiger partial charge in [-0.3, -0.25) is 0 Å². The molecule has 2 heterocycles. The monoisotopic (exact) mass is 449 g/mol. The number of aryl methyl sites for hydroxylation is 1. The highest BCUT2D eigenvalue weighted by molar-refractivity contribution is 6.37. The van der Waals surface area contributed by atoms with Crippen molar-refractivity contribution in [2.45, 2.75) is 63.7 Å². The van der Waals surface area contributed by atoms with Gasteiger partial charge in [0.25, 0.3) is 0 Å². The lowest BCUT2D eigenvalue weighted by Crippen LogP contribution is -2.34. The van der Waals surface area contributed by atoms with Crippen LogP contribution in [0.25, 0.3) is 10.9 Å². The lowest BCUT2D eigenvalue weighted by molar-refractivity contribution is 0.397. The van der Waals surface area contributed by atoms with Gasteiger partial charge in [-0.1, -0.05) is 49.2 Å². The SMILES string of the molecule is CCCCc1ccc2nc(C3CC3)nc(N3CCC(c4ccccc4OC)CC3)c2c1Cl. The fourth-order valence-corrected chi connectivity index (χ4v) is 5.29. The molecule has 0 unspecified atom stereocenters. The molecule has 0 bridgehead atoms. The number of nitrogens with zero attached hydrogens (tertiary/aromatic N) is 3. The zero-order valence-electron chi connectivity index (χ0n) is 19.1. The van der Waals surface area contributed by atoms with E-state index in [1.807, 2.05) is 6.07 Å². The van der Waals surface area contributed by atoms with Crippen molar-refractivity contribution in [3.63, 3.8) is 0 Å². The second-order valence-corrected chi connectivity index (χ2v) is 9.60. The summed E-state index contributed by atoms with van der Waals surface area (Å²) < 4.78 is 5.63. The second-order valence-electron chi connectivity index (χ2n) is 9.22. The van der Waals surface area contributed by atoms with Crippen molar-refractivity contribution < 1.29 is 4.74 Å². The normalized spacial score (nSPS) is 17.2. The molecule has 2 fully saturated rings. The van der Waals surface area contributed by atoms with Crippen LogP contribution in [0.3, 0.4) is 0 Å². The summed E-state index contributed by atoms with van der Waals surface area (Å²) in [6.07, 6.45) is 7.87. The predicted octanol–water partition coefficient (Wildman–Crippen LogP) is 6.90. The van der Waals surface area contributed by atoms with Gasteiger partial charge in [0.05, 0.1) is 23.0 Å². The fraction of sp³-hybridized carbons (Fsp3) is 0.481. The Bertz CT molecular complexity index is 1100. The molecule has 2 aliphatic rings. The number of halogens is 1. The smallest absolute Gasteiger partial charge is 0.141 e. The van der Waals surface area contributed by atoms with E-state index >= 15 is 0 Å². The van der Waals surface area contributed by atoms with Gasteiger partial charge in [0.15, 0.2) is 0 Å². The number of methoxy groups -OCH3 is 1. The average Bonchev–Trinajstić information content (AvgIpc) is 3.69. The molecule has 1 aliphatic heterocycles. The van der Waals surface area contributed by atoms with E-state index in [2.05, 4.69) is 42.2 Å². The van der Waals surface area contributed by atoms with E-state index in [9.17, 15) is 0 Å². The molecule has 1 saturated carbocycles. The summed E-state index contributed by atoms with van der Waals surface area (Å²) in [5.74, 6) is 4.06. The molecule has 168 valence electrons. The lowest BCUT2D eigenvalue weighted by atomic mass is 9.88. The molecule has 0 amide bonds. The second kappa shape index (κ2) is 9.27. The first-order valence-corrected chi connectivity index (χ1v) is 12.4. The first kappa shape index (κ1) is 21.5. The van der Waals surface area contributed by atoms with E-state index < -0.39 is 0 Å². The Kier molecular flexibility index (Phi) is 6.23. The molecule has 3 aromatic rings. The van der Waals surface area contributed by atoms with Crippen molar-refractivity contribution in [2.24, 2.45) is 0 Å². The number of hydrogen-bond donors (Lipinski definition) is 0. The highest BCUT2D eigenvalue weighted by atomic mass is 35.5. The molecular weight excluding hydrogens is 418 g/mol. The summed E-state index contributed by atoms with van der Waals surface area (Å²) in [5.41, 5.74) is 3.53. The quantitative estimate of drug-likeness (QED) is 0.393.